The van der Waals surface area contributed by atoms with E-state index in [-0.39, 0.29) is 21.3 Å². The van der Waals surface area contributed by atoms with Crippen LogP contribution in [0.25, 0.3) is 5.76 Å². The number of aryl methyl sites for hydroxylation is 2. The number of carboxylic acids is 1. The summed E-state index contributed by atoms with van der Waals surface area (Å²) in [5.41, 5.74) is 1.89. The van der Waals surface area contributed by atoms with Crippen LogP contribution >= 0.6 is 22.9 Å². The van der Waals surface area contributed by atoms with E-state index < -0.39 is 29.7 Å². The summed E-state index contributed by atoms with van der Waals surface area (Å²) in [6.07, 6.45) is 0. The second kappa shape index (κ2) is 12.1. The van der Waals surface area contributed by atoms with Gasteiger partial charge in [0.2, 0.25) is 0 Å². The fraction of sp³-hybridized carbons (Fsp3) is 0.222. The number of hydrogen-bond acceptors (Lipinski definition) is 9. The standard InChI is InChI=1S/C25H21ClN2O6S.C2H4O2/c1-12-11-15(7-10-17(12)33-3)20(29)18-19(14-5-8-16(26)9-6-14)28(23(31)21(18)30)25-27-13(2)22(35-25)24(32)34-4;1-2(3)4/h5-11,19,29H,1-4H3;1H3,(H,3,4). The highest BCUT2D eigenvalue weighted by atomic mass is 35.5. The molecule has 0 spiro atoms. The van der Waals surface area contributed by atoms with Gasteiger partial charge in [-0.1, -0.05) is 35.1 Å². The van der Waals surface area contributed by atoms with Crippen LogP contribution in [0.15, 0.2) is 48.0 Å². The van der Waals surface area contributed by atoms with Crippen molar-refractivity contribution >= 4 is 57.5 Å². The van der Waals surface area contributed by atoms with Gasteiger partial charge < -0.3 is 19.7 Å². The molecule has 12 heteroatoms. The predicted molar refractivity (Wildman–Crippen MR) is 145 cm³/mol. The number of carbonyl (C=O) groups excluding carboxylic acids is 3. The lowest BCUT2D eigenvalue weighted by Crippen LogP contribution is -2.29. The molecular formula is C27H25ClN2O8S. The number of methoxy groups -OCH3 is 2. The number of amides is 1. The normalized spacial score (nSPS) is 15.9. The van der Waals surface area contributed by atoms with Crippen LogP contribution in [0.1, 0.15) is 45.0 Å². The Morgan fingerprint density at radius 1 is 1.05 bits per heavy atom. The number of nitrogens with zero attached hydrogens (tertiary/aromatic N) is 2. The molecule has 0 bridgehead atoms. The van der Waals surface area contributed by atoms with E-state index in [2.05, 4.69) is 4.98 Å². The van der Waals surface area contributed by atoms with Gasteiger partial charge in [0.1, 0.15) is 16.4 Å². The van der Waals surface area contributed by atoms with E-state index in [1.54, 1.807) is 56.3 Å². The number of Topliss-reactive ketones (excluding diaryl/α,β-unsaturated/α-hetero) is 1. The van der Waals surface area contributed by atoms with E-state index in [1.807, 2.05) is 0 Å². The number of ether oxygens (including phenoxy) is 2. The van der Waals surface area contributed by atoms with Crippen molar-refractivity contribution in [2.45, 2.75) is 26.8 Å². The zero-order chi connectivity index (χ0) is 29.0. The van der Waals surface area contributed by atoms with Crippen LogP contribution in [-0.4, -0.2) is 53.0 Å². The smallest absolute Gasteiger partial charge is 0.350 e. The fourth-order valence-corrected chi connectivity index (χ4v) is 5.08. The highest BCUT2D eigenvalue weighted by Crippen LogP contribution is 2.44. The first-order valence-corrected chi connectivity index (χ1v) is 12.6. The minimum atomic E-state index is -0.995. The number of halogens is 1. The third-order valence-corrected chi connectivity index (χ3v) is 7.05. The van der Waals surface area contributed by atoms with E-state index in [0.717, 1.165) is 23.8 Å². The molecule has 3 aromatic rings. The van der Waals surface area contributed by atoms with Crippen LogP contribution in [0.3, 0.4) is 0 Å². The van der Waals surface area contributed by atoms with Crippen molar-refractivity contribution in [1.29, 1.82) is 0 Å². The van der Waals surface area contributed by atoms with E-state index in [0.29, 0.717) is 27.6 Å². The first kappa shape index (κ1) is 29.3. The van der Waals surface area contributed by atoms with Crippen molar-refractivity contribution in [2.75, 3.05) is 19.1 Å². The number of rotatable bonds is 5. The molecule has 1 aliphatic heterocycles. The molecular weight excluding hydrogens is 548 g/mol. The molecule has 204 valence electrons. The monoisotopic (exact) mass is 572 g/mol. The molecule has 1 amide bonds. The summed E-state index contributed by atoms with van der Waals surface area (Å²) in [6.45, 7) is 4.50. The number of benzene rings is 2. The molecule has 1 aliphatic rings. The van der Waals surface area contributed by atoms with Gasteiger partial charge in [0.25, 0.3) is 11.8 Å². The molecule has 1 fully saturated rings. The number of aliphatic hydroxyl groups excluding tert-OH is 1. The number of aromatic nitrogens is 1. The SMILES string of the molecule is CC(=O)O.COC(=O)c1sc(N2C(=O)C(=O)C(=C(O)c3ccc(OC)c(C)c3)C2c2ccc(Cl)cc2)nc1C. The molecule has 2 aromatic carbocycles. The number of carboxylic acid groups (broad SMARTS) is 1. The molecule has 2 heterocycles. The summed E-state index contributed by atoms with van der Waals surface area (Å²) in [4.78, 5) is 53.4. The van der Waals surface area contributed by atoms with Crippen LogP contribution in [0.2, 0.25) is 5.02 Å². The maximum atomic E-state index is 13.3. The van der Waals surface area contributed by atoms with Gasteiger partial charge in [-0.05, 0) is 55.3 Å². The van der Waals surface area contributed by atoms with Gasteiger partial charge in [-0.3, -0.25) is 19.3 Å². The Bertz CT molecular complexity index is 1480. The summed E-state index contributed by atoms with van der Waals surface area (Å²) in [6, 6.07) is 10.5. The van der Waals surface area contributed by atoms with Crippen LogP contribution in [0.4, 0.5) is 5.13 Å². The van der Waals surface area contributed by atoms with Gasteiger partial charge in [-0.2, -0.15) is 0 Å². The Labute approximate surface area is 233 Å². The van der Waals surface area contributed by atoms with Gasteiger partial charge >= 0.3 is 11.9 Å². The van der Waals surface area contributed by atoms with Crippen LogP contribution in [0.5, 0.6) is 5.75 Å². The van der Waals surface area contributed by atoms with E-state index in [1.165, 1.54) is 19.1 Å². The number of thiazole rings is 1. The summed E-state index contributed by atoms with van der Waals surface area (Å²) in [7, 11) is 2.78. The van der Waals surface area contributed by atoms with Crippen molar-refractivity contribution in [3.63, 3.8) is 0 Å². The summed E-state index contributed by atoms with van der Waals surface area (Å²) < 4.78 is 10.1. The second-order valence-corrected chi connectivity index (χ2v) is 9.74. The number of aliphatic hydroxyl groups is 1. The summed E-state index contributed by atoms with van der Waals surface area (Å²) in [5.74, 6) is -2.90. The number of aliphatic carboxylic acids is 1. The molecule has 0 saturated carbocycles. The third kappa shape index (κ3) is 6.10. The number of hydrogen-bond donors (Lipinski definition) is 2. The number of anilines is 1. The summed E-state index contributed by atoms with van der Waals surface area (Å²) >= 11 is 7.00. The van der Waals surface area contributed by atoms with Gasteiger partial charge in [0.15, 0.2) is 5.13 Å². The van der Waals surface area contributed by atoms with Crippen LogP contribution < -0.4 is 9.64 Å². The Hall–Kier alpha value is -4.22. The minimum absolute atomic E-state index is 0.102. The first-order chi connectivity index (χ1) is 18.4. The van der Waals surface area contributed by atoms with E-state index >= 15 is 0 Å². The topological polar surface area (TPSA) is 143 Å². The minimum Gasteiger partial charge on any atom is -0.507 e. The van der Waals surface area contributed by atoms with Crippen LogP contribution in [0, 0.1) is 13.8 Å². The first-order valence-electron chi connectivity index (χ1n) is 11.4. The lowest BCUT2D eigenvalue weighted by atomic mass is 9.95. The van der Waals surface area contributed by atoms with Crippen molar-refractivity contribution in [2.24, 2.45) is 0 Å². The highest BCUT2D eigenvalue weighted by molar-refractivity contribution is 7.17. The maximum absolute atomic E-state index is 13.3. The van der Waals surface area contributed by atoms with Gasteiger partial charge in [-0.25, -0.2) is 9.78 Å². The lowest BCUT2D eigenvalue weighted by Gasteiger charge is -2.23. The zero-order valence-corrected chi connectivity index (χ0v) is 23.2. The fourth-order valence-electron chi connectivity index (χ4n) is 3.94. The molecule has 1 unspecified atom stereocenters. The maximum Gasteiger partial charge on any atom is 0.350 e. The Morgan fingerprint density at radius 3 is 2.21 bits per heavy atom. The summed E-state index contributed by atoms with van der Waals surface area (Å²) in [5, 5.41) is 19.3. The molecule has 1 aromatic heterocycles. The quantitative estimate of drug-likeness (QED) is 0.188. The Balaban J connectivity index is 0.000000983. The van der Waals surface area contributed by atoms with Crippen molar-refractivity contribution < 1.29 is 38.9 Å². The van der Waals surface area contributed by atoms with Gasteiger partial charge in [-0.15, -0.1) is 0 Å². The van der Waals surface area contributed by atoms with Crippen molar-refractivity contribution in [3.05, 3.63) is 80.3 Å². The Kier molecular flexibility index (Phi) is 9.10. The molecule has 39 heavy (non-hydrogen) atoms. The molecule has 2 N–H and O–H groups in total. The number of ketones is 1. The lowest BCUT2D eigenvalue weighted by molar-refractivity contribution is -0.134. The largest absolute Gasteiger partial charge is 0.507 e. The van der Waals surface area contributed by atoms with Gasteiger partial charge in [0, 0.05) is 17.5 Å². The van der Waals surface area contributed by atoms with E-state index in [4.69, 9.17) is 31.0 Å². The highest BCUT2D eigenvalue weighted by Gasteiger charge is 2.48. The zero-order valence-electron chi connectivity index (χ0n) is 21.6. The molecule has 1 saturated heterocycles. The average Bonchev–Trinajstić information content (AvgIpc) is 3.39. The third-order valence-electron chi connectivity index (χ3n) is 5.66. The molecule has 1 atom stereocenters. The van der Waals surface area contributed by atoms with E-state index in [9.17, 15) is 19.5 Å². The molecule has 0 radical (unpaired) electrons. The average molecular weight is 573 g/mol. The molecule has 4 rings (SSSR count). The van der Waals surface area contributed by atoms with Crippen LogP contribution in [-0.2, 0) is 19.1 Å². The number of esters is 1. The van der Waals surface area contributed by atoms with Gasteiger partial charge in [0.05, 0.1) is 31.5 Å². The van der Waals surface area contributed by atoms with Crippen molar-refractivity contribution in [3.8, 4) is 5.75 Å². The van der Waals surface area contributed by atoms with Crippen molar-refractivity contribution in [1.82, 2.24) is 4.98 Å². The number of carbonyl (C=O) groups is 4. The Morgan fingerprint density at radius 2 is 1.67 bits per heavy atom. The second-order valence-electron chi connectivity index (χ2n) is 8.33. The molecule has 0 aliphatic carbocycles. The predicted octanol–water partition coefficient (Wildman–Crippen LogP) is 4.93. The molecule has 10 nitrogen and oxygen atoms in total.